The van der Waals surface area contributed by atoms with Crippen LogP contribution in [0, 0.1) is 10.1 Å². The molecule has 0 aromatic heterocycles. The number of nitro groups is 1. The minimum atomic E-state index is -0.539. The molecule has 6 nitrogen and oxygen atoms in total. The van der Waals surface area contributed by atoms with E-state index in [1.54, 1.807) is 0 Å². The molecule has 0 unspecified atom stereocenters. The second-order valence-electron chi connectivity index (χ2n) is 5.16. The van der Waals surface area contributed by atoms with Crippen molar-refractivity contribution in [3.63, 3.8) is 0 Å². The maximum absolute atomic E-state index is 12.3. The van der Waals surface area contributed by atoms with Gasteiger partial charge in [0.25, 0.3) is 11.6 Å². The number of hydrogen-bond acceptors (Lipinski definition) is 4. The smallest absolute Gasteiger partial charge is 0.270 e. The fourth-order valence-electron chi connectivity index (χ4n) is 2.23. The topological polar surface area (TPSA) is 81.5 Å². The standard InChI is InChI=1S/C17H18N2O4/c1-12(13-6-4-3-5-7-13)11-18-17(20)15-10-14(19(21)22)8-9-16(15)23-2/h3-10,12H,11H2,1-2H3,(H,18,20)/t12-/m0/s1. The number of amides is 1. The first-order valence-electron chi connectivity index (χ1n) is 7.18. The van der Waals surface area contributed by atoms with E-state index in [-0.39, 0.29) is 17.2 Å². The Morgan fingerprint density at radius 3 is 2.57 bits per heavy atom. The van der Waals surface area contributed by atoms with Crippen LogP contribution in [0.25, 0.3) is 0 Å². The van der Waals surface area contributed by atoms with E-state index in [1.807, 2.05) is 37.3 Å². The highest BCUT2D eigenvalue weighted by molar-refractivity contribution is 5.97. The second kappa shape index (κ2) is 7.40. The van der Waals surface area contributed by atoms with Crippen molar-refractivity contribution < 1.29 is 14.5 Å². The summed E-state index contributed by atoms with van der Waals surface area (Å²) >= 11 is 0. The average molecular weight is 314 g/mol. The SMILES string of the molecule is COc1ccc([N+](=O)[O-])cc1C(=O)NC[C@H](C)c1ccccc1. The molecule has 0 aliphatic rings. The molecular formula is C17H18N2O4. The van der Waals surface area contributed by atoms with Crippen LogP contribution in [0.4, 0.5) is 5.69 Å². The normalized spacial score (nSPS) is 11.6. The van der Waals surface area contributed by atoms with Gasteiger partial charge in [-0.2, -0.15) is 0 Å². The van der Waals surface area contributed by atoms with Gasteiger partial charge < -0.3 is 10.1 Å². The average Bonchev–Trinajstić information content (AvgIpc) is 2.59. The highest BCUT2D eigenvalue weighted by Gasteiger charge is 2.18. The summed E-state index contributed by atoms with van der Waals surface area (Å²) in [7, 11) is 1.42. The van der Waals surface area contributed by atoms with Gasteiger partial charge in [0, 0.05) is 18.7 Å². The number of carbonyl (C=O) groups is 1. The van der Waals surface area contributed by atoms with Gasteiger partial charge in [-0.25, -0.2) is 0 Å². The lowest BCUT2D eigenvalue weighted by atomic mass is 10.0. The van der Waals surface area contributed by atoms with Crippen LogP contribution in [0.5, 0.6) is 5.75 Å². The first-order chi connectivity index (χ1) is 11.0. The second-order valence-corrected chi connectivity index (χ2v) is 5.16. The summed E-state index contributed by atoms with van der Waals surface area (Å²) < 4.78 is 5.11. The number of rotatable bonds is 6. The molecule has 0 fully saturated rings. The van der Waals surface area contributed by atoms with Gasteiger partial charge in [0.2, 0.25) is 0 Å². The number of nitrogens with one attached hydrogen (secondary N) is 1. The molecule has 2 rings (SSSR count). The summed E-state index contributed by atoms with van der Waals surface area (Å²) in [4.78, 5) is 22.6. The Morgan fingerprint density at radius 2 is 1.96 bits per heavy atom. The van der Waals surface area contributed by atoms with Crippen molar-refractivity contribution in [2.24, 2.45) is 0 Å². The van der Waals surface area contributed by atoms with Crippen LogP contribution in [0.2, 0.25) is 0 Å². The van der Waals surface area contributed by atoms with Crippen LogP contribution in [0.15, 0.2) is 48.5 Å². The van der Waals surface area contributed by atoms with E-state index < -0.39 is 10.8 Å². The first-order valence-corrected chi connectivity index (χ1v) is 7.18. The van der Waals surface area contributed by atoms with Gasteiger partial charge in [-0.05, 0) is 17.5 Å². The molecule has 2 aromatic carbocycles. The molecule has 6 heteroatoms. The third kappa shape index (κ3) is 4.06. The monoisotopic (exact) mass is 314 g/mol. The van der Waals surface area contributed by atoms with Crippen LogP contribution < -0.4 is 10.1 Å². The Balaban J connectivity index is 2.11. The molecule has 0 heterocycles. The third-order valence-corrected chi connectivity index (χ3v) is 3.58. The summed E-state index contributed by atoms with van der Waals surface area (Å²) in [6.07, 6.45) is 0. The van der Waals surface area contributed by atoms with Crippen molar-refractivity contribution in [3.05, 3.63) is 69.8 Å². The molecule has 1 N–H and O–H groups in total. The lowest BCUT2D eigenvalue weighted by molar-refractivity contribution is -0.384. The Morgan fingerprint density at radius 1 is 1.26 bits per heavy atom. The molecule has 23 heavy (non-hydrogen) atoms. The van der Waals surface area contributed by atoms with Crippen LogP contribution in [-0.4, -0.2) is 24.5 Å². The van der Waals surface area contributed by atoms with Crippen molar-refractivity contribution in [1.82, 2.24) is 5.32 Å². The van der Waals surface area contributed by atoms with E-state index in [4.69, 9.17) is 4.74 Å². The Bertz CT molecular complexity index is 701. The Kier molecular flexibility index (Phi) is 5.30. The van der Waals surface area contributed by atoms with Gasteiger partial charge >= 0.3 is 0 Å². The summed E-state index contributed by atoms with van der Waals surface area (Å²) in [6, 6.07) is 13.8. The van der Waals surface area contributed by atoms with E-state index >= 15 is 0 Å². The number of non-ortho nitro benzene ring substituents is 1. The first kappa shape index (κ1) is 16.5. The number of ether oxygens (including phenoxy) is 1. The molecule has 0 radical (unpaired) electrons. The lowest BCUT2D eigenvalue weighted by Crippen LogP contribution is -2.28. The van der Waals surface area contributed by atoms with Gasteiger partial charge in [-0.3, -0.25) is 14.9 Å². The van der Waals surface area contributed by atoms with Crippen LogP contribution in [0.1, 0.15) is 28.8 Å². The Labute approximate surface area is 134 Å². The van der Waals surface area contributed by atoms with Crippen molar-refractivity contribution in [1.29, 1.82) is 0 Å². The highest BCUT2D eigenvalue weighted by atomic mass is 16.6. The minimum Gasteiger partial charge on any atom is -0.496 e. The molecule has 1 atom stereocenters. The molecule has 2 aromatic rings. The largest absolute Gasteiger partial charge is 0.496 e. The third-order valence-electron chi connectivity index (χ3n) is 3.58. The molecule has 0 saturated heterocycles. The van der Waals surface area contributed by atoms with Gasteiger partial charge in [-0.15, -0.1) is 0 Å². The van der Waals surface area contributed by atoms with Gasteiger partial charge in [0.15, 0.2) is 0 Å². The van der Waals surface area contributed by atoms with Gasteiger partial charge in [0.05, 0.1) is 17.6 Å². The van der Waals surface area contributed by atoms with Crippen molar-refractivity contribution in [2.75, 3.05) is 13.7 Å². The van der Waals surface area contributed by atoms with Gasteiger partial charge in [0.1, 0.15) is 5.75 Å². The zero-order valence-corrected chi connectivity index (χ0v) is 13.0. The zero-order chi connectivity index (χ0) is 16.8. The molecule has 0 spiro atoms. The van der Waals surface area contributed by atoms with E-state index in [1.165, 1.54) is 25.3 Å². The molecule has 1 amide bonds. The fraction of sp³-hybridized carbons (Fsp3) is 0.235. The Hall–Kier alpha value is -2.89. The minimum absolute atomic E-state index is 0.129. The zero-order valence-electron chi connectivity index (χ0n) is 13.0. The number of nitrogens with zero attached hydrogens (tertiary/aromatic N) is 1. The van der Waals surface area contributed by atoms with E-state index in [2.05, 4.69) is 5.32 Å². The van der Waals surface area contributed by atoms with Crippen LogP contribution >= 0.6 is 0 Å². The van der Waals surface area contributed by atoms with Crippen LogP contribution in [-0.2, 0) is 0 Å². The summed E-state index contributed by atoms with van der Waals surface area (Å²) in [5.41, 5.74) is 1.12. The number of nitro benzene ring substituents is 1. The van der Waals surface area contributed by atoms with Gasteiger partial charge in [-0.1, -0.05) is 37.3 Å². The van der Waals surface area contributed by atoms with Crippen LogP contribution in [0.3, 0.4) is 0 Å². The molecular weight excluding hydrogens is 296 g/mol. The molecule has 0 bridgehead atoms. The number of hydrogen-bond donors (Lipinski definition) is 1. The fourth-order valence-corrected chi connectivity index (χ4v) is 2.23. The molecule has 0 aliphatic carbocycles. The van der Waals surface area contributed by atoms with E-state index in [0.717, 1.165) is 5.56 Å². The number of benzene rings is 2. The predicted molar refractivity (Wildman–Crippen MR) is 86.8 cm³/mol. The van der Waals surface area contributed by atoms with Crippen molar-refractivity contribution >= 4 is 11.6 Å². The molecule has 0 saturated carbocycles. The summed E-state index contributed by atoms with van der Waals surface area (Å²) in [6.45, 7) is 2.43. The predicted octanol–water partition coefficient (Wildman–Crippen LogP) is 3.14. The highest BCUT2D eigenvalue weighted by Crippen LogP contribution is 2.24. The quantitative estimate of drug-likeness (QED) is 0.656. The molecule has 0 aliphatic heterocycles. The number of methoxy groups -OCH3 is 1. The summed E-state index contributed by atoms with van der Waals surface area (Å²) in [5.74, 6) is 0.0404. The lowest BCUT2D eigenvalue weighted by Gasteiger charge is -2.14. The number of carbonyl (C=O) groups excluding carboxylic acids is 1. The van der Waals surface area contributed by atoms with Crippen molar-refractivity contribution in [2.45, 2.75) is 12.8 Å². The molecule has 120 valence electrons. The summed E-state index contributed by atoms with van der Waals surface area (Å²) in [5, 5.41) is 13.7. The maximum Gasteiger partial charge on any atom is 0.270 e. The van der Waals surface area contributed by atoms with Crippen molar-refractivity contribution in [3.8, 4) is 5.75 Å². The van der Waals surface area contributed by atoms with E-state index in [9.17, 15) is 14.9 Å². The maximum atomic E-state index is 12.3. The van der Waals surface area contributed by atoms with E-state index in [0.29, 0.717) is 12.3 Å².